The maximum atomic E-state index is 12.9. The molecule has 1 aliphatic heterocycles. The molecule has 118 valence electrons. The molecule has 5 heteroatoms. The van der Waals surface area contributed by atoms with Crippen LogP contribution in [0.15, 0.2) is 41.8 Å². The van der Waals surface area contributed by atoms with E-state index in [4.69, 9.17) is 10.00 Å². The van der Waals surface area contributed by atoms with Crippen LogP contribution in [0.5, 0.6) is 0 Å². The first kappa shape index (κ1) is 15.7. The third-order valence-corrected chi connectivity index (χ3v) is 4.78. The smallest absolute Gasteiger partial charge is 0.254 e. The summed E-state index contributed by atoms with van der Waals surface area (Å²) in [6, 6.07) is 12.9. The molecule has 1 aromatic heterocycles. The van der Waals surface area contributed by atoms with E-state index in [1.807, 2.05) is 22.4 Å². The van der Waals surface area contributed by atoms with Gasteiger partial charge < -0.3 is 9.64 Å². The van der Waals surface area contributed by atoms with Crippen molar-refractivity contribution >= 4 is 17.2 Å². The van der Waals surface area contributed by atoms with Crippen molar-refractivity contribution in [1.82, 2.24) is 4.90 Å². The SMILES string of the molecule is N#Cc1ccc(C(=O)N(Cc2cccs2)C[C@H]2CCCO2)cc1. The molecule has 0 radical (unpaired) electrons. The maximum absolute atomic E-state index is 12.9. The van der Waals surface area contributed by atoms with Crippen LogP contribution in [-0.4, -0.2) is 30.1 Å². The molecule has 4 nitrogen and oxygen atoms in total. The van der Waals surface area contributed by atoms with Crippen molar-refractivity contribution in [3.63, 3.8) is 0 Å². The number of amides is 1. The number of carbonyl (C=O) groups is 1. The van der Waals surface area contributed by atoms with Crippen LogP contribution < -0.4 is 0 Å². The Hall–Kier alpha value is -2.16. The summed E-state index contributed by atoms with van der Waals surface area (Å²) >= 11 is 1.65. The Balaban J connectivity index is 1.77. The number of thiophene rings is 1. The Morgan fingerprint density at radius 3 is 2.78 bits per heavy atom. The lowest BCUT2D eigenvalue weighted by atomic mass is 10.1. The summed E-state index contributed by atoms with van der Waals surface area (Å²) in [6.45, 7) is 1.98. The third-order valence-electron chi connectivity index (χ3n) is 3.92. The zero-order valence-corrected chi connectivity index (χ0v) is 13.6. The average molecular weight is 326 g/mol. The average Bonchev–Trinajstić information content (AvgIpc) is 3.27. The molecular formula is C18H18N2O2S. The zero-order valence-electron chi connectivity index (χ0n) is 12.8. The summed E-state index contributed by atoms with van der Waals surface area (Å²) in [4.78, 5) is 15.9. The van der Waals surface area contributed by atoms with Gasteiger partial charge >= 0.3 is 0 Å². The van der Waals surface area contributed by atoms with Gasteiger partial charge in [-0.15, -0.1) is 11.3 Å². The number of nitriles is 1. The molecule has 0 N–H and O–H groups in total. The van der Waals surface area contributed by atoms with E-state index in [0.29, 0.717) is 24.2 Å². The van der Waals surface area contributed by atoms with Crippen LogP contribution in [0.3, 0.4) is 0 Å². The summed E-state index contributed by atoms with van der Waals surface area (Å²) in [7, 11) is 0. The standard InChI is InChI=1S/C18H18N2O2S/c19-11-14-5-7-15(8-6-14)18(21)20(12-16-3-1-9-22-16)13-17-4-2-10-23-17/h2,4-8,10,16H,1,3,9,12-13H2/t16-/m1/s1. The Morgan fingerprint density at radius 1 is 1.35 bits per heavy atom. The van der Waals surface area contributed by atoms with Gasteiger partial charge in [-0.05, 0) is 48.6 Å². The van der Waals surface area contributed by atoms with Crippen LogP contribution in [0.4, 0.5) is 0 Å². The highest BCUT2D eigenvalue weighted by atomic mass is 32.1. The molecule has 1 saturated heterocycles. The molecule has 3 rings (SSSR count). The van der Waals surface area contributed by atoms with Crippen molar-refractivity contribution in [1.29, 1.82) is 5.26 Å². The van der Waals surface area contributed by atoms with Gasteiger partial charge in [-0.3, -0.25) is 4.79 Å². The first-order chi connectivity index (χ1) is 11.3. The molecule has 0 bridgehead atoms. The van der Waals surface area contributed by atoms with Gasteiger partial charge in [-0.2, -0.15) is 5.26 Å². The molecule has 0 saturated carbocycles. The number of nitrogens with zero attached hydrogens (tertiary/aromatic N) is 2. The molecule has 23 heavy (non-hydrogen) atoms. The van der Waals surface area contributed by atoms with E-state index in [1.54, 1.807) is 35.6 Å². The van der Waals surface area contributed by atoms with E-state index in [-0.39, 0.29) is 12.0 Å². The molecule has 2 heterocycles. The molecule has 1 aromatic carbocycles. The van der Waals surface area contributed by atoms with Crippen molar-refractivity contribution in [2.24, 2.45) is 0 Å². The summed E-state index contributed by atoms with van der Waals surface area (Å²) in [5, 5.41) is 10.9. The summed E-state index contributed by atoms with van der Waals surface area (Å²) in [6.07, 6.45) is 2.18. The molecule has 1 amide bonds. The van der Waals surface area contributed by atoms with E-state index in [1.165, 1.54) is 0 Å². The van der Waals surface area contributed by atoms with Gasteiger partial charge in [0.1, 0.15) is 0 Å². The van der Waals surface area contributed by atoms with Crippen LogP contribution >= 0.6 is 11.3 Å². The molecule has 1 atom stereocenters. The molecule has 0 unspecified atom stereocenters. The lowest BCUT2D eigenvalue weighted by Crippen LogP contribution is -2.36. The van der Waals surface area contributed by atoms with Crippen molar-refractivity contribution in [2.75, 3.05) is 13.2 Å². The van der Waals surface area contributed by atoms with Gasteiger partial charge in [-0.1, -0.05) is 6.07 Å². The van der Waals surface area contributed by atoms with Crippen molar-refractivity contribution in [3.05, 3.63) is 57.8 Å². The second-order valence-electron chi connectivity index (χ2n) is 5.59. The second kappa shape index (κ2) is 7.40. The summed E-state index contributed by atoms with van der Waals surface area (Å²) in [5.41, 5.74) is 1.17. The first-order valence-electron chi connectivity index (χ1n) is 7.69. The van der Waals surface area contributed by atoms with Crippen molar-refractivity contribution in [2.45, 2.75) is 25.5 Å². The van der Waals surface area contributed by atoms with Gasteiger partial charge in [0.2, 0.25) is 0 Å². The second-order valence-corrected chi connectivity index (χ2v) is 6.62. The normalized spacial score (nSPS) is 16.9. The number of carbonyl (C=O) groups excluding carboxylic acids is 1. The quantitative estimate of drug-likeness (QED) is 0.846. The fourth-order valence-electron chi connectivity index (χ4n) is 2.71. The predicted molar refractivity (Wildman–Crippen MR) is 89.2 cm³/mol. The maximum Gasteiger partial charge on any atom is 0.254 e. The zero-order chi connectivity index (χ0) is 16.1. The number of ether oxygens (including phenoxy) is 1. The first-order valence-corrected chi connectivity index (χ1v) is 8.57. The van der Waals surface area contributed by atoms with Gasteiger partial charge in [0, 0.05) is 23.6 Å². The Kier molecular flexibility index (Phi) is 5.06. The van der Waals surface area contributed by atoms with Crippen molar-refractivity contribution < 1.29 is 9.53 Å². The van der Waals surface area contributed by atoms with Gasteiger partial charge in [0.15, 0.2) is 0 Å². The molecule has 2 aromatic rings. The van der Waals surface area contributed by atoms with E-state index in [2.05, 4.69) is 6.07 Å². The monoisotopic (exact) mass is 326 g/mol. The highest BCUT2D eigenvalue weighted by Gasteiger charge is 2.23. The fourth-order valence-corrected chi connectivity index (χ4v) is 3.43. The summed E-state index contributed by atoms with van der Waals surface area (Å²) < 4.78 is 5.69. The topological polar surface area (TPSA) is 53.3 Å². The fraction of sp³-hybridized carbons (Fsp3) is 0.333. The largest absolute Gasteiger partial charge is 0.376 e. The Labute approximate surface area is 139 Å². The highest BCUT2D eigenvalue weighted by Crippen LogP contribution is 2.19. The Morgan fingerprint density at radius 2 is 2.17 bits per heavy atom. The van der Waals surface area contributed by atoms with E-state index in [0.717, 1.165) is 24.3 Å². The van der Waals surface area contributed by atoms with Crippen LogP contribution in [0.25, 0.3) is 0 Å². The van der Waals surface area contributed by atoms with Crippen LogP contribution in [0.1, 0.15) is 33.6 Å². The number of benzene rings is 1. The van der Waals surface area contributed by atoms with Gasteiger partial charge in [0.25, 0.3) is 5.91 Å². The molecule has 1 fully saturated rings. The van der Waals surface area contributed by atoms with Gasteiger partial charge in [0.05, 0.1) is 24.3 Å². The van der Waals surface area contributed by atoms with Crippen LogP contribution in [-0.2, 0) is 11.3 Å². The minimum absolute atomic E-state index is 0.0154. The van der Waals surface area contributed by atoms with E-state index >= 15 is 0 Å². The lowest BCUT2D eigenvalue weighted by molar-refractivity contribution is 0.0509. The Bertz CT molecular complexity index is 683. The van der Waals surface area contributed by atoms with Crippen molar-refractivity contribution in [3.8, 4) is 6.07 Å². The third kappa shape index (κ3) is 3.98. The minimum atomic E-state index is -0.0154. The number of hydrogen-bond acceptors (Lipinski definition) is 4. The van der Waals surface area contributed by atoms with Crippen LogP contribution in [0, 0.1) is 11.3 Å². The predicted octanol–water partition coefficient (Wildman–Crippen LogP) is 3.44. The molecule has 1 aliphatic rings. The minimum Gasteiger partial charge on any atom is -0.376 e. The van der Waals surface area contributed by atoms with E-state index in [9.17, 15) is 4.79 Å². The summed E-state index contributed by atoms with van der Waals surface area (Å²) in [5.74, 6) is -0.0154. The molecular weight excluding hydrogens is 308 g/mol. The van der Waals surface area contributed by atoms with Gasteiger partial charge in [-0.25, -0.2) is 0 Å². The van der Waals surface area contributed by atoms with E-state index < -0.39 is 0 Å². The van der Waals surface area contributed by atoms with Crippen LogP contribution in [0.2, 0.25) is 0 Å². The molecule has 0 aliphatic carbocycles. The molecule has 0 spiro atoms. The lowest BCUT2D eigenvalue weighted by Gasteiger charge is -2.25. The number of rotatable bonds is 5. The number of hydrogen-bond donors (Lipinski definition) is 0. The highest BCUT2D eigenvalue weighted by molar-refractivity contribution is 7.09.